The first-order chi connectivity index (χ1) is 22.5. The molecule has 8 heteroatoms. The Hall–Kier alpha value is -2.49. The second-order valence-corrected chi connectivity index (χ2v) is 15.6. The van der Waals surface area contributed by atoms with Gasteiger partial charge in [-0.1, -0.05) is 36.4 Å². The first kappa shape index (κ1) is 30.8. The van der Waals surface area contributed by atoms with E-state index in [9.17, 15) is 9.90 Å². The number of nitrogens with zero attached hydrogens (tertiary/aromatic N) is 2. The summed E-state index contributed by atoms with van der Waals surface area (Å²) < 4.78 is 13.4. The molecule has 9 rings (SSSR count). The summed E-state index contributed by atoms with van der Waals surface area (Å²) in [6, 6.07) is 16.6. The number of nitrogens with one attached hydrogen (secondary N) is 2. The van der Waals surface area contributed by atoms with Crippen LogP contribution in [0.5, 0.6) is 0 Å². The van der Waals surface area contributed by atoms with Gasteiger partial charge in [0.25, 0.3) is 0 Å². The van der Waals surface area contributed by atoms with E-state index in [0.717, 1.165) is 85.4 Å². The Morgan fingerprint density at radius 2 is 1.59 bits per heavy atom. The smallest absolute Gasteiger partial charge is 0.319 e. The number of amides is 2. The molecule has 4 aliphatic carbocycles. The highest BCUT2D eigenvalue weighted by molar-refractivity contribution is 5.90. The van der Waals surface area contributed by atoms with Gasteiger partial charge in [0.2, 0.25) is 0 Å². The van der Waals surface area contributed by atoms with Gasteiger partial charge in [0.15, 0.2) is 6.29 Å². The van der Waals surface area contributed by atoms with Crippen molar-refractivity contribution in [1.82, 2.24) is 15.1 Å². The van der Waals surface area contributed by atoms with Crippen molar-refractivity contribution in [3.8, 4) is 0 Å². The quantitative estimate of drug-likeness (QED) is 0.299. The number of ether oxygens (including phenoxy) is 2. The third-order valence-electron chi connectivity index (χ3n) is 12.1. The van der Waals surface area contributed by atoms with Gasteiger partial charge in [0.05, 0.1) is 18.8 Å². The lowest BCUT2D eigenvalue weighted by atomic mass is 9.53. The third-order valence-corrected chi connectivity index (χ3v) is 12.1. The fourth-order valence-electron chi connectivity index (χ4n) is 10.3. The minimum absolute atomic E-state index is 0.0245. The number of anilines is 1. The molecule has 3 heterocycles. The molecule has 3 aliphatic heterocycles. The predicted octanol–water partition coefficient (Wildman–Crippen LogP) is 6.37. The van der Waals surface area contributed by atoms with Crippen molar-refractivity contribution in [1.29, 1.82) is 0 Å². The molecule has 0 radical (unpaired) electrons. The molecule has 4 saturated carbocycles. The zero-order valence-electron chi connectivity index (χ0n) is 27.2. The molecule has 2 amide bonds. The molecule has 3 saturated heterocycles. The Bertz CT molecular complexity index is 1330. The Morgan fingerprint density at radius 1 is 0.848 bits per heavy atom. The average Bonchev–Trinajstić information content (AvgIpc) is 3.72. The molecule has 0 aromatic heterocycles. The number of likely N-dealkylation sites (tertiary alicyclic amines) is 2. The second-order valence-electron chi connectivity index (χ2n) is 15.6. The zero-order chi connectivity index (χ0) is 31.1. The van der Waals surface area contributed by atoms with E-state index in [1.54, 1.807) is 0 Å². The number of carbonyl (C=O) groups is 1. The fraction of sp³-hybridized carbons (Fsp3) is 0.658. The van der Waals surface area contributed by atoms with E-state index in [2.05, 4.69) is 32.6 Å². The number of aliphatic hydroxyl groups excluding tert-OH is 1. The summed E-state index contributed by atoms with van der Waals surface area (Å²) in [6.07, 6.45) is 12.8. The van der Waals surface area contributed by atoms with Crippen molar-refractivity contribution in [3.05, 3.63) is 65.2 Å². The summed E-state index contributed by atoms with van der Waals surface area (Å²) in [7, 11) is 0. The van der Waals surface area contributed by atoms with Gasteiger partial charge in [0.1, 0.15) is 0 Å². The monoisotopic (exact) mass is 628 g/mol. The third kappa shape index (κ3) is 6.74. The summed E-state index contributed by atoms with van der Waals surface area (Å²) in [6.45, 7) is 5.68. The minimum atomic E-state index is -0.533. The molecule has 3 N–H and O–H groups in total. The highest BCUT2D eigenvalue weighted by atomic mass is 16.7. The van der Waals surface area contributed by atoms with Crippen LogP contribution < -0.4 is 10.6 Å². The maximum atomic E-state index is 13.4. The van der Waals surface area contributed by atoms with E-state index in [1.807, 2.05) is 36.4 Å². The lowest BCUT2D eigenvalue weighted by Crippen LogP contribution is -2.60. The van der Waals surface area contributed by atoms with E-state index in [1.165, 1.54) is 58.0 Å². The van der Waals surface area contributed by atoms with Crippen LogP contribution in [0.15, 0.2) is 48.5 Å². The van der Waals surface area contributed by atoms with E-state index in [0.29, 0.717) is 6.04 Å². The van der Waals surface area contributed by atoms with Gasteiger partial charge in [0, 0.05) is 42.3 Å². The van der Waals surface area contributed by atoms with E-state index in [4.69, 9.17) is 9.47 Å². The van der Waals surface area contributed by atoms with Crippen molar-refractivity contribution in [2.75, 3.05) is 38.0 Å². The number of urea groups is 1. The Kier molecular flexibility index (Phi) is 8.84. The summed E-state index contributed by atoms with van der Waals surface area (Å²) >= 11 is 0. The van der Waals surface area contributed by atoms with Gasteiger partial charge < -0.3 is 30.1 Å². The molecule has 8 nitrogen and oxygen atoms in total. The lowest BCUT2D eigenvalue weighted by molar-refractivity contribution is -0.253. The van der Waals surface area contributed by atoms with Crippen LogP contribution in [-0.4, -0.2) is 71.3 Å². The van der Waals surface area contributed by atoms with Crippen LogP contribution in [0.25, 0.3) is 0 Å². The van der Waals surface area contributed by atoms with Crippen molar-refractivity contribution in [2.45, 2.75) is 107 Å². The minimum Gasteiger partial charge on any atom is -0.392 e. The molecule has 2 aromatic carbocycles. The molecule has 4 unspecified atom stereocenters. The molecule has 4 atom stereocenters. The number of hydrogen-bond donors (Lipinski definition) is 3. The maximum absolute atomic E-state index is 13.4. The van der Waals surface area contributed by atoms with Crippen LogP contribution in [-0.2, 0) is 16.1 Å². The van der Waals surface area contributed by atoms with Crippen LogP contribution >= 0.6 is 0 Å². The van der Waals surface area contributed by atoms with Gasteiger partial charge in [-0.3, -0.25) is 4.90 Å². The second kappa shape index (κ2) is 13.2. The fourth-order valence-corrected chi connectivity index (χ4v) is 10.3. The Morgan fingerprint density at radius 3 is 2.30 bits per heavy atom. The van der Waals surface area contributed by atoms with Crippen molar-refractivity contribution in [3.63, 3.8) is 0 Å². The molecule has 4 bridgehead atoms. The van der Waals surface area contributed by atoms with E-state index >= 15 is 0 Å². The average molecular weight is 629 g/mol. The number of aliphatic hydroxyl groups is 1. The number of hydrogen-bond acceptors (Lipinski definition) is 6. The predicted molar refractivity (Wildman–Crippen MR) is 178 cm³/mol. The van der Waals surface area contributed by atoms with Crippen LogP contribution in [0.1, 0.15) is 99.7 Å². The highest BCUT2D eigenvalue weighted by Gasteiger charge is 2.51. The molecule has 7 aliphatic rings. The maximum Gasteiger partial charge on any atom is 0.319 e. The van der Waals surface area contributed by atoms with Crippen molar-refractivity contribution >= 4 is 11.7 Å². The largest absolute Gasteiger partial charge is 0.392 e. The topological polar surface area (TPSA) is 86.3 Å². The number of carbonyl (C=O) groups excluding carboxylic acids is 1. The number of benzene rings is 2. The summed E-state index contributed by atoms with van der Waals surface area (Å²) in [5, 5.41) is 16.2. The standard InChI is InChI=1S/C38H52N4O4/c43-25-26-8-10-30(11-9-26)35-19-34(24-42-14-4-7-33(42)23-41-12-1-2-13-41)45-36(46-35)31-5-3-6-32(18-31)39-37(44)40-38-20-27-15-28(21-38)17-29(16-27)22-38/h3,5-6,8-11,18,27-29,33-36,43H,1-2,4,7,12-17,19-25H2,(H2,39,40,44). The summed E-state index contributed by atoms with van der Waals surface area (Å²) in [5.74, 6) is 2.35. The van der Waals surface area contributed by atoms with Gasteiger partial charge in [-0.15, -0.1) is 0 Å². The van der Waals surface area contributed by atoms with Crippen molar-refractivity contribution in [2.24, 2.45) is 17.8 Å². The van der Waals surface area contributed by atoms with E-state index in [-0.39, 0.29) is 30.4 Å². The zero-order valence-corrected chi connectivity index (χ0v) is 27.2. The molecule has 2 aromatic rings. The van der Waals surface area contributed by atoms with Gasteiger partial charge in [-0.2, -0.15) is 0 Å². The molecule has 248 valence electrons. The van der Waals surface area contributed by atoms with Crippen LogP contribution in [0, 0.1) is 17.8 Å². The van der Waals surface area contributed by atoms with Crippen LogP contribution in [0.3, 0.4) is 0 Å². The molecular formula is C38H52N4O4. The van der Waals surface area contributed by atoms with Crippen LogP contribution in [0.2, 0.25) is 0 Å². The summed E-state index contributed by atoms with van der Waals surface area (Å²) in [5.41, 5.74) is 3.67. The summed E-state index contributed by atoms with van der Waals surface area (Å²) in [4.78, 5) is 18.7. The van der Waals surface area contributed by atoms with Crippen molar-refractivity contribution < 1.29 is 19.4 Å². The SMILES string of the molecule is O=C(Nc1cccc(C2OC(CN3CCCC3CN3CCCC3)CC(c3ccc(CO)cc3)O2)c1)NC12CC3CC(CC(C3)C1)C2. The van der Waals surface area contributed by atoms with E-state index < -0.39 is 6.29 Å². The van der Waals surface area contributed by atoms with Gasteiger partial charge in [-0.05, 0) is 125 Å². The number of rotatable bonds is 9. The van der Waals surface area contributed by atoms with Crippen LogP contribution in [0.4, 0.5) is 10.5 Å². The molecule has 46 heavy (non-hydrogen) atoms. The lowest BCUT2D eigenvalue weighted by Gasteiger charge is -2.56. The highest BCUT2D eigenvalue weighted by Crippen LogP contribution is 2.55. The molecule has 7 fully saturated rings. The van der Waals surface area contributed by atoms with Gasteiger partial charge >= 0.3 is 6.03 Å². The normalized spacial score (nSPS) is 35.9. The molecule has 0 spiro atoms. The Labute approximate surface area is 274 Å². The first-order valence-corrected chi connectivity index (χ1v) is 18.2. The van der Waals surface area contributed by atoms with Gasteiger partial charge in [-0.25, -0.2) is 4.79 Å². The Balaban J connectivity index is 0.967. The molecular weight excluding hydrogens is 576 g/mol. The first-order valence-electron chi connectivity index (χ1n) is 18.2.